The lowest BCUT2D eigenvalue weighted by Gasteiger charge is -2.08. The van der Waals surface area contributed by atoms with Gasteiger partial charge in [0.15, 0.2) is 11.0 Å². The topological polar surface area (TPSA) is 90.9 Å². The smallest absolute Gasteiger partial charge is 0.328 e. The Kier molecular flexibility index (Phi) is 2.59. The Morgan fingerprint density at radius 2 is 2.15 bits per heavy atom. The summed E-state index contributed by atoms with van der Waals surface area (Å²) in [6.45, 7) is 3.30. The van der Waals surface area contributed by atoms with Gasteiger partial charge in [0.2, 0.25) is 0 Å². The standard InChI is InChI=1S/C6H7N3O3S/c1-2-3(10)9-6(13)7-4(11)5(12)8-9/h2-3,10H,1H2,(H,8,12)(H,7,11,13). The largest absolute Gasteiger partial charge is 0.368 e. The summed E-state index contributed by atoms with van der Waals surface area (Å²) in [5.74, 6) is 0. The predicted octanol–water partition coefficient (Wildman–Crippen LogP) is -0.729. The van der Waals surface area contributed by atoms with E-state index in [0.29, 0.717) is 0 Å². The van der Waals surface area contributed by atoms with Crippen LogP contribution >= 0.6 is 12.2 Å². The number of aliphatic hydroxyl groups excluding tert-OH is 1. The highest BCUT2D eigenvalue weighted by Gasteiger charge is 2.03. The summed E-state index contributed by atoms with van der Waals surface area (Å²) in [5.41, 5.74) is -1.73. The van der Waals surface area contributed by atoms with Crippen molar-refractivity contribution in [2.45, 2.75) is 6.23 Å². The van der Waals surface area contributed by atoms with E-state index in [0.717, 1.165) is 10.8 Å². The van der Waals surface area contributed by atoms with Gasteiger partial charge in [-0.15, -0.1) is 0 Å². The van der Waals surface area contributed by atoms with Crippen LogP contribution < -0.4 is 11.1 Å². The lowest BCUT2D eigenvalue weighted by Crippen LogP contribution is -2.35. The van der Waals surface area contributed by atoms with Crippen LogP contribution in [0.1, 0.15) is 6.23 Å². The van der Waals surface area contributed by atoms with E-state index in [4.69, 9.17) is 0 Å². The van der Waals surface area contributed by atoms with Crippen molar-refractivity contribution in [3.8, 4) is 0 Å². The second-order valence-electron chi connectivity index (χ2n) is 2.22. The number of aromatic amines is 2. The van der Waals surface area contributed by atoms with Crippen molar-refractivity contribution in [3.63, 3.8) is 0 Å². The van der Waals surface area contributed by atoms with Crippen molar-refractivity contribution in [3.05, 3.63) is 38.1 Å². The number of nitrogens with zero attached hydrogens (tertiary/aromatic N) is 1. The summed E-state index contributed by atoms with van der Waals surface area (Å²) in [5, 5.41) is 11.3. The van der Waals surface area contributed by atoms with E-state index >= 15 is 0 Å². The molecule has 0 aromatic carbocycles. The van der Waals surface area contributed by atoms with Crippen LogP contribution in [-0.4, -0.2) is 19.9 Å². The number of H-pyrrole nitrogens is 2. The SMILES string of the molecule is C=CC(O)n1[nH]c(=O)c(=O)[nH]c1=S. The van der Waals surface area contributed by atoms with Crippen LogP contribution in [0.5, 0.6) is 0 Å². The van der Waals surface area contributed by atoms with Crippen LogP contribution in [0, 0.1) is 4.77 Å². The summed E-state index contributed by atoms with van der Waals surface area (Å²) in [4.78, 5) is 23.6. The summed E-state index contributed by atoms with van der Waals surface area (Å²) in [6, 6.07) is 0. The molecule has 70 valence electrons. The molecule has 1 atom stereocenters. The summed E-state index contributed by atoms with van der Waals surface area (Å²) in [7, 11) is 0. The second kappa shape index (κ2) is 3.50. The van der Waals surface area contributed by atoms with Gasteiger partial charge in [0.1, 0.15) is 0 Å². The van der Waals surface area contributed by atoms with Gasteiger partial charge in [0, 0.05) is 0 Å². The molecule has 1 heterocycles. The first-order chi connectivity index (χ1) is 6.06. The van der Waals surface area contributed by atoms with Gasteiger partial charge in [-0.1, -0.05) is 6.58 Å². The molecule has 13 heavy (non-hydrogen) atoms. The molecule has 0 amide bonds. The molecule has 1 unspecified atom stereocenters. The summed E-state index contributed by atoms with van der Waals surface area (Å²) >= 11 is 4.67. The van der Waals surface area contributed by atoms with Crippen LogP contribution in [-0.2, 0) is 0 Å². The van der Waals surface area contributed by atoms with E-state index in [2.05, 4.69) is 28.9 Å². The van der Waals surface area contributed by atoms with Gasteiger partial charge in [-0.05, 0) is 18.3 Å². The zero-order chi connectivity index (χ0) is 10.0. The van der Waals surface area contributed by atoms with E-state index in [1.807, 2.05) is 0 Å². The highest BCUT2D eigenvalue weighted by atomic mass is 32.1. The molecule has 7 heteroatoms. The number of hydrogen-bond donors (Lipinski definition) is 3. The van der Waals surface area contributed by atoms with Gasteiger partial charge in [-0.2, -0.15) is 0 Å². The van der Waals surface area contributed by atoms with Gasteiger partial charge in [-0.3, -0.25) is 19.7 Å². The van der Waals surface area contributed by atoms with Crippen LogP contribution in [0.2, 0.25) is 0 Å². The fourth-order valence-electron chi connectivity index (χ4n) is 0.717. The summed E-state index contributed by atoms with van der Waals surface area (Å²) < 4.78 is 0.850. The van der Waals surface area contributed by atoms with Crippen LogP contribution in [0.4, 0.5) is 0 Å². The molecule has 0 bridgehead atoms. The first-order valence-corrected chi connectivity index (χ1v) is 3.73. The third-order valence-electron chi connectivity index (χ3n) is 1.34. The Labute approximate surface area is 77.2 Å². The van der Waals surface area contributed by atoms with Crippen molar-refractivity contribution in [2.75, 3.05) is 0 Å². The highest BCUT2D eigenvalue weighted by Crippen LogP contribution is 1.97. The quantitative estimate of drug-likeness (QED) is 0.334. The molecule has 0 fully saturated rings. The van der Waals surface area contributed by atoms with Crippen LogP contribution in [0.25, 0.3) is 0 Å². The molecule has 3 N–H and O–H groups in total. The van der Waals surface area contributed by atoms with E-state index in [1.165, 1.54) is 0 Å². The molecular weight excluding hydrogens is 194 g/mol. The number of rotatable bonds is 2. The molecule has 0 aliphatic rings. The zero-order valence-corrected chi connectivity index (χ0v) is 7.30. The Morgan fingerprint density at radius 3 is 2.69 bits per heavy atom. The fourth-order valence-corrected chi connectivity index (χ4v) is 0.963. The van der Waals surface area contributed by atoms with Gasteiger partial charge in [0.05, 0.1) is 0 Å². The number of hydrogen-bond acceptors (Lipinski definition) is 4. The first-order valence-electron chi connectivity index (χ1n) is 3.32. The normalized spacial score (nSPS) is 12.4. The average Bonchev–Trinajstić information content (AvgIpc) is 2.10. The van der Waals surface area contributed by atoms with Crippen molar-refractivity contribution in [1.82, 2.24) is 14.8 Å². The van der Waals surface area contributed by atoms with Gasteiger partial charge < -0.3 is 5.11 Å². The average molecular weight is 201 g/mol. The van der Waals surface area contributed by atoms with E-state index < -0.39 is 17.3 Å². The molecule has 1 aromatic rings. The van der Waals surface area contributed by atoms with Crippen molar-refractivity contribution in [1.29, 1.82) is 0 Å². The third kappa shape index (κ3) is 1.82. The zero-order valence-electron chi connectivity index (χ0n) is 6.48. The van der Waals surface area contributed by atoms with Crippen LogP contribution in [0.3, 0.4) is 0 Å². The maximum Gasteiger partial charge on any atom is 0.328 e. The summed E-state index contributed by atoms with van der Waals surface area (Å²) in [6.07, 6.45) is 0.00129. The maximum absolute atomic E-state index is 10.8. The molecule has 1 aromatic heterocycles. The Morgan fingerprint density at radius 1 is 1.54 bits per heavy atom. The van der Waals surface area contributed by atoms with E-state index in [1.54, 1.807) is 0 Å². The molecule has 6 nitrogen and oxygen atoms in total. The number of aromatic nitrogens is 3. The lowest BCUT2D eigenvalue weighted by atomic mass is 10.5. The monoisotopic (exact) mass is 201 g/mol. The minimum absolute atomic E-state index is 0.0722. The highest BCUT2D eigenvalue weighted by molar-refractivity contribution is 7.71. The molecule has 0 aliphatic heterocycles. The minimum atomic E-state index is -1.16. The molecule has 0 radical (unpaired) electrons. The Balaban J connectivity index is 3.49. The predicted molar refractivity (Wildman–Crippen MR) is 48.0 cm³/mol. The first kappa shape index (κ1) is 9.62. The van der Waals surface area contributed by atoms with E-state index in [-0.39, 0.29) is 4.77 Å². The Hall–Kier alpha value is -1.47. The maximum atomic E-state index is 10.8. The molecule has 1 rings (SSSR count). The molecule has 0 saturated heterocycles. The molecule has 0 aliphatic carbocycles. The van der Waals surface area contributed by atoms with Crippen LogP contribution in [0.15, 0.2) is 22.2 Å². The van der Waals surface area contributed by atoms with Gasteiger partial charge in [0.25, 0.3) is 0 Å². The second-order valence-corrected chi connectivity index (χ2v) is 2.61. The lowest BCUT2D eigenvalue weighted by molar-refractivity contribution is 0.133. The number of nitrogens with one attached hydrogen (secondary N) is 2. The van der Waals surface area contributed by atoms with E-state index in [9.17, 15) is 14.7 Å². The van der Waals surface area contributed by atoms with Gasteiger partial charge >= 0.3 is 11.1 Å². The van der Waals surface area contributed by atoms with Crippen molar-refractivity contribution < 1.29 is 5.11 Å². The third-order valence-corrected chi connectivity index (χ3v) is 1.64. The Bertz CT molecular complexity index is 483. The molecular formula is C6H7N3O3S. The van der Waals surface area contributed by atoms with Crippen molar-refractivity contribution in [2.24, 2.45) is 0 Å². The van der Waals surface area contributed by atoms with Gasteiger partial charge in [-0.25, -0.2) is 4.68 Å². The fraction of sp³-hybridized carbons (Fsp3) is 0.167. The van der Waals surface area contributed by atoms with Crippen molar-refractivity contribution >= 4 is 12.2 Å². The molecule has 0 saturated carbocycles. The molecule has 0 spiro atoms. The number of aliphatic hydroxyl groups is 1. The minimum Gasteiger partial charge on any atom is -0.368 e.